The fourth-order valence-electron chi connectivity index (χ4n) is 5.81. The first-order valence-electron chi connectivity index (χ1n) is 8.38. The van der Waals surface area contributed by atoms with Crippen LogP contribution in [0.3, 0.4) is 0 Å². The van der Waals surface area contributed by atoms with Gasteiger partial charge in [0.1, 0.15) is 11.2 Å². The van der Waals surface area contributed by atoms with Crippen molar-refractivity contribution >= 4 is 0 Å². The van der Waals surface area contributed by atoms with Crippen LogP contribution in [0.2, 0.25) is 0 Å². The molecule has 22 heavy (non-hydrogen) atoms. The lowest BCUT2D eigenvalue weighted by molar-refractivity contribution is -0.297. The van der Waals surface area contributed by atoms with Gasteiger partial charge in [0, 0.05) is 5.41 Å². The van der Waals surface area contributed by atoms with Crippen LogP contribution in [-0.2, 0) is 9.47 Å². The van der Waals surface area contributed by atoms with E-state index in [2.05, 4.69) is 32.4 Å². The summed E-state index contributed by atoms with van der Waals surface area (Å²) in [6.45, 7) is 17.1. The van der Waals surface area contributed by atoms with Crippen molar-refractivity contribution in [2.45, 2.75) is 43.3 Å². The molecule has 120 valence electrons. The summed E-state index contributed by atoms with van der Waals surface area (Å²) in [5.41, 5.74) is -0.875. The van der Waals surface area contributed by atoms with Crippen molar-refractivity contribution in [1.29, 1.82) is 0 Å². The first-order valence-corrected chi connectivity index (χ1v) is 8.38. The van der Waals surface area contributed by atoms with Crippen molar-refractivity contribution in [3.05, 3.63) is 50.6 Å². The van der Waals surface area contributed by atoms with Crippen molar-refractivity contribution in [2.24, 2.45) is 17.3 Å². The van der Waals surface area contributed by atoms with E-state index in [4.69, 9.17) is 9.47 Å². The van der Waals surface area contributed by atoms with Crippen LogP contribution < -0.4 is 0 Å². The minimum atomic E-state index is -0.508. The topological polar surface area (TPSA) is 18.5 Å². The van der Waals surface area contributed by atoms with Crippen LogP contribution in [0.1, 0.15) is 32.1 Å². The van der Waals surface area contributed by atoms with Gasteiger partial charge in [-0.2, -0.15) is 0 Å². The van der Waals surface area contributed by atoms with Gasteiger partial charge >= 0.3 is 0 Å². The molecule has 4 bridgehead atoms. The molecule has 0 N–H and O–H groups in total. The minimum Gasteiger partial charge on any atom is -0.368 e. The summed E-state index contributed by atoms with van der Waals surface area (Å²) in [6, 6.07) is 0. The number of rotatable bonds is 8. The maximum Gasteiger partial charge on any atom is 0.124 e. The standard InChI is InChI=1S/C20H28O2/c1-5-9-21-19-14-16-11-17(15-19)13-18(7-3,12-16)20(19,8-4)22-10-6-2/h5-8,16-17H,1-4,9-15H2. The molecule has 0 aromatic heterocycles. The van der Waals surface area contributed by atoms with Crippen LogP contribution in [0.4, 0.5) is 0 Å². The van der Waals surface area contributed by atoms with Gasteiger partial charge in [-0.25, -0.2) is 0 Å². The summed E-state index contributed by atoms with van der Waals surface area (Å²) < 4.78 is 12.9. The van der Waals surface area contributed by atoms with Crippen molar-refractivity contribution in [3.63, 3.8) is 0 Å². The molecule has 0 radical (unpaired) electrons. The zero-order valence-corrected chi connectivity index (χ0v) is 13.6. The molecule has 4 rings (SSSR count). The second-order valence-electron chi connectivity index (χ2n) is 7.28. The van der Waals surface area contributed by atoms with Gasteiger partial charge < -0.3 is 9.47 Å². The Morgan fingerprint density at radius 2 is 1.41 bits per heavy atom. The van der Waals surface area contributed by atoms with Crippen LogP contribution in [0.25, 0.3) is 0 Å². The largest absolute Gasteiger partial charge is 0.368 e. The van der Waals surface area contributed by atoms with E-state index in [1.54, 1.807) is 0 Å². The summed E-state index contributed by atoms with van der Waals surface area (Å²) in [7, 11) is 0. The van der Waals surface area contributed by atoms with E-state index in [0.29, 0.717) is 25.0 Å². The SMILES string of the molecule is C=CCOC12CC3CC(CC(C=C)(C3)C1(C=C)OCC=C)C2. The van der Waals surface area contributed by atoms with Gasteiger partial charge in [-0.15, -0.1) is 26.3 Å². The molecule has 3 unspecified atom stereocenters. The maximum atomic E-state index is 6.43. The predicted molar refractivity (Wildman–Crippen MR) is 90.7 cm³/mol. The van der Waals surface area contributed by atoms with Crippen LogP contribution >= 0.6 is 0 Å². The molecule has 0 amide bonds. The van der Waals surface area contributed by atoms with Crippen molar-refractivity contribution in [2.75, 3.05) is 13.2 Å². The van der Waals surface area contributed by atoms with E-state index >= 15 is 0 Å². The fraction of sp³-hybridized carbons (Fsp3) is 0.600. The molecule has 0 aromatic rings. The molecule has 0 aromatic carbocycles. The lowest BCUT2D eigenvalue weighted by Gasteiger charge is -2.70. The Bertz CT molecular complexity index is 478. The highest BCUT2D eigenvalue weighted by molar-refractivity contribution is 5.32. The average Bonchev–Trinajstić information content (AvgIpc) is 2.52. The zero-order valence-electron chi connectivity index (χ0n) is 13.6. The molecule has 2 heteroatoms. The van der Waals surface area contributed by atoms with Crippen LogP contribution in [0.15, 0.2) is 50.6 Å². The first-order chi connectivity index (χ1) is 10.6. The second kappa shape index (κ2) is 5.50. The van der Waals surface area contributed by atoms with Gasteiger partial charge in [0.05, 0.1) is 13.2 Å². The van der Waals surface area contributed by atoms with E-state index in [9.17, 15) is 0 Å². The molecule has 0 saturated heterocycles. The molecule has 4 saturated carbocycles. The lowest BCUT2D eigenvalue weighted by atomic mass is 9.41. The highest BCUT2D eigenvalue weighted by atomic mass is 16.6. The Hall–Kier alpha value is -1.12. The number of ether oxygens (including phenoxy) is 2. The van der Waals surface area contributed by atoms with Gasteiger partial charge in [0.25, 0.3) is 0 Å². The van der Waals surface area contributed by atoms with E-state index in [1.165, 1.54) is 6.42 Å². The van der Waals surface area contributed by atoms with E-state index in [-0.39, 0.29) is 11.0 Å². The number of hydrogen-bond acceptors (Lipinski definition) is 2. The quantitative estimate of drug-likeness (QED) is 0.617. The van der Waals surface area contributed by atoms with Gasteiger partial charge in [-0.05, 0) is 43.9 Å². The molecule has 0 aliphatic heterocycles. The minimum absolute atomic E-state index is 0.0665. The van der Waals surface area contributed by atoms with Gasteiger partial charge in [-0.3, -0.25) is 0 Å². The molecular formula is C20H28O2. The van der Waals surface area contributed by atoms with Crippen molar-refractivity contribution in [3.8, 4) is 0 Å². The first kappa shape index (κ1) is 15.8. The molecule has 2 nitrogen and oxygen atoms in total. The fourth-order valence-corrected chi connectivity index (χ4v) is 5.81. The Morgan fingerprint density at radius 3 is 1.91 bits per heavy atom. The van der Waals surface area contributed by atoms with Crippen molar-refractivity contribution < 1.29 is 9.47 Å². The van der Waals surface area contributed by atoms with Gasteiger partial charge in [-0.1, -0.05) is 24.3 Å². The molecular weight excluding hydrogens is 272 g/mol. The maximum absolute atomic E-state index is 6.43. The Kier molecular flexibility index (Phi) is 3.94. The molecule has 0 heterocycles. The number of hydrogen-bond donors (Lipinski definition) is 0. The summed E-state index contributed by atoms with van der Waals surface area (Å²) in [5, 5.41) is 0. The Morgan fingerprint density at radius 1 is 0.818 bits per heavy atom. The van der Waals surface area contributed by atoms with Gasteiger partial charge in [0.15, 0.2) is 0 Å². The third-order valence-electron chi connectivity index (χ3n) is 6.21. The molecule has 4 fully saturated rings. The van der Waals surface area contributed by atoms with E-state index in [0.717, 1.165) is 25.7 Å². The lowest BCUT2D eigenvalue weighted by Crippen LogP contribution is -2.74. The molecule has 4 aliphatic rings. The molecule has 3 atom stereocenters. The Labute approximate surface area is 134 Å². The van der Waals surface area contributed by atoms with Crippen molar-refractivity contribution in [1.82, 2.24) is 0 Å². The predicted octanol–water partition coefficient (Wildman–Crippen LogP) is 4.45. The van der Waals surface area contributed by atoms with Crippen LogP contribution in [0.5, 0.6) is 0 Å². The summed E-state index contributed by atoms with van der Waals surface area (Å²) in [5.74, 6) is 1.41. The highest BCUT2D eigenvalue weighted by Crippen LogP contribution is 2.69. The molecule has 4 aliphatic carbocycles. The zero-order chi connectivity index (χ0) is 15.8. The Balaban J connectivity index is 2.10. The second-order valence-corrected chi connectivity index (χ2v) is 7.28. The monoisotopic (exact) mass is 300 g/mol. The summed E-state index contributed by atoms with van der Waals surface area (Å²) >= 11 is 0. The van der Waals surface area contributed by atoms with Crippen LogP contribution in [-0.4, -0.2) is 24.4 Å². The third-order valence-corrected chi connectivity index (χ3v) is 6.21. The van der Waals surface area contributed by atoms with E-state index in [1.807, 2.05) is 18.2 Å². The van der Waals surface area contributed by atoms with E-state index < -0.39 is 5.60 Å². The van der Waals surface area contributed by atoms with Gasteiger partial charge in [0.2, 0.25) is 0 Å². The smallest absolute Gasteiger partial charge is 0.124 e. The van der Waals surface area contributed by atoms with Crippen LogP contribution in [0, 0.1) is 17.3 Å². The summed E-state index contributed by atoms with van der Waals surface area (Å²) in [4.78, 5) is 0. The normalized spacial score (nSPS) is 45.5. The third kappa shape index (κ3) is 1.87. The molecule has 0 spiro atoms. The highest BCUT2D eigenvalue weighted by Gasteiger charge is 2.71. The summed E-state index contributed by atoms with van der Waals surface area (Å²) in [6.07, 6.45) is 13.5. The average molecular weight is 300 g/mol.